The lowest BCUT2D eigenvalue weighted by molar-refractivity contribution is -0.0711. The van der Waals surface area contributed by atoms with Gasteiger partial charge in [-0.1, -0.05) is 24.3 Å². The van der Waals surface area contributed by atoms with Crippen LogP contribution in [0.25, 0.3) is 0 Å². The molecule has 0 saturated carbocycles. The Kier molecular flexibility index (Phi) is 4.72. The Balaban J connectivity index is 1.48. The van der Waals surface area contributed by atoms with Crippen molar-refractivity contribution in [3.63, 3.8) is 0 Å². The summed E-state index contributed by atoms with van der Waals surface area (Å²) in [5.74, 6) is 4.93. The van der Waals surface area contributed by atoms with E-state index >= 15 is 0 Å². The van der Waals surface area contributed by atoms with Gasteiger partial charge in [-0.15, -0.1) is 0 Å². The fourth-order valence-electron chi connectivity index (χ4n) is 4.03. The molecule has 1 spiro atoms. The first-order valence-electron chi connectivity index (χ1n) is 8.48. The van der Waals surface area contributed by atoms with Gasteiger partial charge in [-0.05, 0) is 48.3 Å². The number of ether oxygens (including phenoxy) is 1. The highest BCUT2D eigenvalue weighted by Gasteiger charge is 2.41. The summed E-state index contributed by atoms with van der Waals surface area (Å²) in [6, 6.07) is 10.2. The number of benzene rings is 1. The second-order valence-corrected chi connectivity index (χ2v) is 9.02. The van der Waals surface area contributed by atoms with Gasteiger partial charge in [0.2, 0.25) is 0 Å². The van der Waals surface area contributed by atoms with Crippen molar-refractivity contribution in [1.82, 2.24) is 5.32 Å². The molecular weight excluding hydrogens is 310 g/mol. The summed E-state index contributed by atoms with van der Waals surface area (Å²) >= 11 is 4.16. The van der Waals surface area contributed by atoms with E-state index in [0.717, 1.165) is 13.0 Å². The van der Waals surface area contributed by atoms with E-state index in [1.54, 1.807) is 5.56 Å². The van der Waals surface area contributed by atoms with Crippen LogP contribution in [-0.4, -0.2) is 41.3 Å². The van der Waals surface area contributed by atoms with Crippen molar-refractivity contribution < 1.29 is 4.74 Å². The van der Waals surface area contributed by atoms with Crippen LogP contribution in [0.15, 0.2) is 24.3 Å². The molecule has 2 saturated heterocycles. The van der Waals surface area contributed by atoms with E-state index in [4.69, 9.17) is 4.74 Å². The summed E-state index contributed by atoms with van der Waals surface area (Å²) in [6.45, 7) is 0.930. The monoisotopic (exact) mass is 335 g/mol. The molecule has 22 heavy (non-hydrogen) atoms. The minimum atomic E-state index is 0.179. The third kappa shape index (κ3) is 3.21. The molecule has 0 amide bonds. The van der Waals surface area contributed by atoms with Gasteiger partial charge in [-0.25, -0.2) is 0 Å². The van der Waals surface area contributed by atoms with Crippen LogP contribution < -0.4 is 5.32 Å². The Morgan fingerprint density at radius 1 is 1.18 bits per heavy atom. The summed E-state index contributed by atoms with van der Waals surface area (Å²) in [4.78, 5) is 0. The van der Waals surface area contributed by atoms with Gasteiger partial charge in [-0.2, -0.15) is 23.5 Å². The zero-order valence-electron chi connectivity index (χ0n) is 13.1. The van der Waals surface area contributed by atoms with Crippen LogP contribution >= 0.6 is 23.5 Å². The molecule has 0 aromatic heterocycles. The second kappa shape index (κ2) is 6.76. The van der Waals surface area contributed by atoms with Gasteiger partial charge in [0.1, 0.15) is 0 Å². The minimum Gasteiger partial charge on any atom is -0.374 e. The normalized spacial score (nSPS) is 35.3. The number of rotatable bonds is 2. The molecule has 0 aliphatic carbocycles. The fraction of sp³-hybridized carbons (Fsp3) is 0.667. The predicted molar refractivity (Wildman–Crippen MR) is 97.0 cm³/mol. The van der Waals surface area contributed by atoms with Crippen molar-refractivity contribution in [3.8, 4) is 0 Å². The van der Waals surface area contributed by atoms with Crippen molar-refractivity contribution in [2.24, 2.45) is 0 Å². The standard InChI is InChI=1S/C18H25NOS2/c1-2-4-16-14(3-1)6-9-21-12-17(16)19-15-5-8-20-18(11-15)7-10-22-13-18/h1-4,15,17,19H,5-13H2. The van der Waals surface area contributed by atoms with Crippen molar-refractivity contribution in [2.75, 3.05) is 29.6 Å². The summed E-state index contributed by atoms with van der Waals surface area (Å²) < 4.78 is 6.17. The van der Waals surface area contributed by atoms with E-state index in [0.29, 0.717) is 12.1 Å². The van der Waals surface area contributed by atoms with Gasteiger partial charge in [0, 0.05) is 30.2 Å². The van der Waals surface area contributed by atoms with E-state index in [-0.39, 0.29) is 5.60 Å². The highest BCUT2D eigenvalue weighted by Crippen LogP contribution is 2.39. The molecule has 1 N–H and O–H groups in total. The average Bonchev–Trinajstić information content (AvgIpc) is 2.88. The second-order valence-electron chi connectivity index (χ2n) is 6.77. The molecule has 1 aromatic rings. The molecule has 1 aromatic carbocycles. The van der Waals surface area contributed by atoms with Crippen LogP contribution in [0.3, 0.4) is 0 Å². The highest BCUT2D eigenvalue weighted by atomic mass is 32.2. The molecule has 120 valence electrons. The highest BCUT2D eigenvalue weighted by molar-refractivity contribution is 7.99. The van der Waals surface area contributed by atoms with Crippen molar-refractivity contribution in [3.05, 3.63) is 35.4 Å². The number of thioether (sulfide) groups is 2. The molecule has 2 fully saturated rings. The number of nitrogens with one attached hydrogen (secondary N) is 1. The molecule has 3 unspecified atom stereocenters. The molecule has 3 heterocycles. The topological polar surface area (TPSA) is 21.3 Å². The van der Waals surface area contributed by atoms with Crippen molar-refractivity contribution >= 4 is 23.5 Å². The zero-order valence-corrected chi connectivity index (χ0v) is 14.7. The molecule has 2 nitrogen and oxygen atoms in total. The first-order valence-corrected chi connectivity index (χ1v) is 10.8. The van der Waals surface area contributed by atoms with Gasteiger partial charge in [0.15, 0.2) is 0 Å². The summed E-state index contributed by atoms with van der Waals surface area (Å²) in [7, 11) is 0. The maximum absolute atomic E-state index is 6.17. The zero-order chi connectivity index (χ0) is 14.8. The Morgan fingerprint density at radius 2 is 2.14 bits per heavy atom. The van der Waals surface area contributed by atoms with Crippen LogP contribution in [-0.2, 0) is 11.2 Å². The van der Waals surface area contributed by atoms with E-state index in [1.165, 1.54) is 47.8 Å². The molecule has 3 atom stereocenters. The summed E-state index contributed by atoms with van der Waals surface area (Å²) in [6.07, 6.45) is 4.82. The van der Waals surface area contributed by atoms with Gasteiger partial charge >= 0.3 is 0 Å². The van der Waals surface area contributed by atoms with Crippen LogP contribution in [0.4, 0.5) is 0 Å². The Labute approximate surface area is 142 Å². The molecule has 0 bridgehead atoms. The van der Waals surface area contributed by atoms with Crippen molar-refractivity contribution in [1.29, 1.82) is 0 Å². The lowest BCUT2D eigenvalue weighted by Gasteiger charge is -2.39. The SMILES string of the molecule is c1ccc2c(c1)CCSCC2NC1CCOC2(CCSC2)C1. The van der Waals surface area contributed by atoms with Crippen LogP contribution in [0.2, 0.25) is 0 Å². The maximum Gasteiger partial charge on any atom is 0.0795 e. The van der Waals surface area contributed by atoms with Gasteiger partial charge in [0.25, 0.3) is 0 Å². The number of hydrogen-bond acceptors (Lipinski definition) is 4. The molecule has 3 aliphatic rings. The third-order valence-corrected chi connectivity index (χ3v) is 7.51. The molecular formula is C18H25NOS2. The first-order chi connectivity index (χ1) is 10.8. The Morgan fingerprint density at radius 3 is 3.05 bits per heavy atom. The molecule has 4 rings (SSSR count). The largest absolute Gasteiger partial charge is 0.374 e. The fourth-order valence-corrected chi connectivity index (χ4v) is 6.45. The van der Waals surface area contributed by atoms with Crippen LogP contribution in [0.5, 0.6) is 0 Å². The molecule has 0 radical (unpaired) electrons. The van der Waals surface area contributed by atoms with Gasteiger partial charge in [-0.3, -0.25) is 0 Å². The Bertz CT molecular complexity index is 516. The molecule has 3 aliphatic heterocycles. The third-order valence-electron chi connectivity index (χ3n) is 5.23. The minimum absolute atomic E-state index is 0.179. The van der Waals surface area contributed by atoms with Crippen LogP contribution in [0, 0.1) is 0 Å². The average molecular weight is 336 g/mol. The first kappa shape index (κ1) is 15.4. The maximum atomic E-state index is 6.17. The van der Waals surface area contributed by atoms with E-state index in [2.05, 4.69) is 53.1 Å². The van der Waals surface area contributed by atoms with E-state index < -0.39 is 0 Å². The van der Waals surface area contributed by atoms with Crippen molar-refractivity contribution in [2.45, 2.75) is 43.4 Å². The quantitative estimate of drug-likeness (QED) is 0.890. The number of fused-ring (bicyclic) bond motifs is 1. The van der Waals surface area contributed by atoms with E-state index in [9.17, 15) is 0 Å². The van der Waals surface area contributed by atoms with E-state index in [1.807, 2.05) is 0 Å². The summed E-state index contributed by atoms with van der Waals surface area (Å²) in [5, 5.41) is 4.00. The lowest BCUT2D eigenvalue weighted by Crippen LogP contribution is -2.48. The smallest absolute Gasteiger partial charge is 0.0795 e. The Hall–Kier alpha value is -0.160. The molecule has 4 heteroatoms. The van der Waals surface area contributed by atoms with Gasteiger partial charge < -0.3 is 10.1 Å². The van der Waals surface area contributed by atoms with Gasteiger partial charge in [0.05, 0.1) is 5.60 Å². The van der Waals surface area contributed by atoms with Crippen LogP contribution in [0.1, 0.15) is 36.4 Å². The predicted octanol–water partition coefficient (Wildman–Crippen LogP) is 3.66. The number of hydrogen-bond donors (Lipinski definition) is 1. The summed E-state index contributed by atoms with van der Waals surface area (Å²) in [5.41, 5.74) is 3.26. The lowest BCUT2D eigenvalue weighted by atomic mass is 9.89. The number of aryl methyl sites for hydroxylation is 1.